The van der Waals surface area contributed by atoms with E-state index in [0.29, 0.717) is 0 Å². The van der Waals surface area contributed by atoms with Crippen molar-refractivity contribution in [1.82, 2.24) is 4.90 Å². The molecule has 7 heavy (non-hydrogen) atoms. The molecule has 0 aliphatic carbocycles. The molecule has 42 valence electrons. The van der Waals surface area contributed by atoms with Crippen molar-refractivity contribution < 1.29 is 0 Å². The van der Waals surface area contributed by atoms with Crippen LogP contribution < -0.4 is 0 Å². The smallest absolute Gasteiger partial charge is 0.0444 e. The quantitative estimate of drug-likeness (QED) is 0.466. The molecule has 2 heteroatoms. The maximum atomic E-state index is 2.37. The molecule has 0 aromatic heterocycles. The number of thioether (sulfide) groups is 1. The Labute approximate surface area is 49.1 Å². The summed E-state index contributed by atoms with van der Waals surface area (Å²) in [5.74, 6) is 2.54. The van der Waals surface area contributed by atoms with E-state index in [9.17, 15) is 0 Å². The predicted octanol–water partition coefficient (Wildman–Crippen LogP) is 1.01. The fourth-order valence-electron chi connectivity index (χ4n) is 0.622. The topological polar surface area (TPSA) is 3.24 Å². The summed E-state index contributed by atoms with van der Waals surface area (Å²) in [6.45, 7) is 2.26. The average molecular weight is 117 g/mol. The summed E-state index contributed by atoms with van der Waals surface area (Å²) in [4.78, 5) is 2.37. The van der Waals surface area contributed by atoms with Gasteiger partial charge in [0.25, 0.3) is 0 Å². The second-order valence-electron chi connectivity index (χ2n) is 2.11. The van der Waals surface area contributed by atoms with Gasteiger partial charge < -0.3 is 0 Å². The number of hydrogen-bond donors (Lipinski definition) is 0. The summed E-state index contributed by atoms with van der Waals surface area (Å²) in [6, 6.07) is 0.810. The minimum atomic E-state index is 0.810. The van der Waals surface area contributed by atoms with Gasteiger partial charge in [0.2, 0.25) is 0 Å². The molecule has 1 aliphatic heterocycles. The molecule has 1 saturated heterocycles. The lowest BCUT2D eigenvalue weighted by Crippen LogP contribution is -2.22. The average Bonchev–Trinajstić information content (AvgIpc) is 1.91. The first-order valence-corrected chi connectivity index (χ1v) is 3.74. The van der Waals surface area contributed by atoms with Crippen molar-refractivity contribution in [1.29, 1.82) is 0 Å². The molecule has 1 nitrogen and oxygen atoms in total. The van der Waals surface area contributed by atoms with E-state index >= 15 is 0 Å². The summed E-state index contributed by atoms with van der Waals surface area (Å²) < 4.78 is 0. The van der Waals surface area contributed by atoms with Gasteiger partial charge in [-0.3, -0.25) is 4.90 Å². The van der Waals surface area contributed by atoms with Gasteiger partial charge in [0.1, 0.15) is 0 Å². The van der Waals surface area contributed by atoms with Crippen LogP contribution in [-0.4, -0.2) is 29.6 Å². The molecule has 1 heterocycles. The number of hydrogen-bond acceptors (Lipinski definition) is 2. The highest BCUT2D eigenvalue weighted by molar-refractivity contribution is 7.99. The lowest BCUT2D eigenvalue weighted by atomic mass is 10.4. The zero-order valence-electron chi connectivity index (χ0n) is 4.85. The molecule has 0 bridgehead atoms. The van der Waals surface area contributed by atoms with Gasteiger partial charge in [-0.05, 0) is 14.0 Å². The molecule has 0 radical (unpaired) electrons. The normalized spacial score (nSPS) is 34.3. The van der Waals surface area contributed by atoms with Crippen molar-refractivity contribution >= 4 is 11.8 Å². The van der Waals surface area contributed by atoms with Crippen molar-refractivity contribution in [3.05, 3.63) is 0 Å². The van der Waals surface area contributed by atoms with E-state index in [1.54, 1.807) is 0 Å². The van der Waals surface area contributed by atoms with Gasteiger partial charge >= 0.3 is 0 Å². The standard InChI is InChI=1S/C5H11NS/c1-5-3-7-4-6(5)2/h5H,3-4H2,1-2H3. The van der Waals surface area contributed by atoms with E-state index in [2.05, 4.69) is 18.9 Å². The number of rotatable bonds is 0. The van der Waals surface area contributed by atoms with E-state index in [0.717, 1.165) is 6.04 Å². The van der Waals surface area contributed by atoms with Crippen LogP contribution in [0, 0.1) is 0 Å². The van der Waals surface area contributed by atoms with Crippen molar-refractivity contribution in [2.45, 2.75) is 13.0 Å². The monoisotopic (exact) mass is 117 g/mol. The van der Waals surface area contributed by atoms with Crippen LogP contribution in [0.1, 0.15) is 6.92 Å². The minimum absolute atomic E-state index is 0.810. The van der Waals surface area contributed by atoms with Crippen molar-refractivity contribution in [2.75, 3.05) is 18.7 Å². The first kappa shape index (κ1) is 5.45. The molecule has 1 aliphatic rings. The first-order chi connectivity index (χ1) is 3.30. The third-order valence-corrected chi connectivity index (χ3v) is 2.71. The summed E-state index contributed by atoms with van der Waals surface area (Å²) in [6.07, 6.45) is 0. The van der Waals surface area contributed by atoms with Crippen LogP contribution in [0.2, 0.25) is 0 Å². The molecular weight excluding hydrogens is 106 g/mol. The largest absolute Gasteiger partial charge is 0.294 e. The fraction of sp³-hybridized carbons (Fsp3) is 1.00. The van der Waals surface area contributed by atoms with Gasteiger partial charge in [0.05, 0.1) is 0 Å². The maximum absolute atomic E-state index is 2.37. The molecule has 0 saturated carbocycles. The zero-order chi connectivity index (χ0) is 5.28. The lowest BCUT2D eigenvalue weighted by molar-refractivity contribution is 0.344. The van der Waals surface area contributed by atoms with Crippen molar-refractivity contribution in [2.24, 2.45) is 0 Å². The third kappa shape index (κ3) is 1.10. The van der Waals surface area contributed by atoms with E-state index in [4.69, 9.17) is 0 Å². The molecular formula is C5H11NS. The molecule has 0 spiro atoms. The molecule has 0 aromatic carbocycles. The summed E-state index contributed by atoms with van der Waals surface area (Å²) >= 11 is 2.02. The first-order valence-electron chi connectivity index (χ1n) is 2.58. The van der Waals surface area contributed by atoms with Gasteiger partial charge in [-0.2, -0.15) is 0 Å². The molecule has 0 N–H and O–H groups in total. The van der Waals surface area contributed by atoms with Crippen LogP contribution in [0.4, 0.5) is 0 Å². The summed E-state index contributed by atoms with van der Waals surface area (Å²) in [5, 5.41) is 0. The Bertz CT molecular complexity index is 57.1. The van der Waals surface area contributed by atoms with Gasteiger partial charge in [0, 0.05) is 17.7 Å². The highest BCUT2D eigenvalue weighted by Gasteiger charge is 2.14. The van der Waals surface area contributed by atoms with Crippen LogP contribution in [0.5, 0.6) is 0 Å². The van der Waals surface area contributed by atoms with Crippen LogP contribution in [0.3, 0.4) is 0 Å². The Hall–Kier alpha value is 0.310. The van der Waals surface area contributed by atoms with Crippen LogP contribution in [-0.2, 0) is 0 Å². The predicted molar refractivity (Wildman–Crippen MR) is 34.5 cm³/mol. The molecule has 0 amide bonds. The van der Waals surface area contributed by atoms with E-state index in [-0.39, 0.29) is 0 Å². The maximum Gasteiger partial charge on any atom is 0.0444 e. The van der Waals surface area contributed by atoms with E-state index in [1.807, 2.05) is 11.8 Å². The highest BCUT2D eigenvalue weighted by atomic mass is 32.2. The zero-order valence-corrected chi connectivity index (χ0v) is 5.66. The minimum Gasteiger partial charge on any atom is -0.294 e. The van der Waals surface area contributed by atoms with E-state index < -0.39 is 0 Å². The van der Waals surface area contributed by atoms with Gasteiger partial charge in [-0.1, -0.05) is 0 Å². The molecule has 1 unspecified atom stereocenters. The van der Waals surface area contributed by atoms with Gasteiger partial charge in [-0.25, -0.2) is 0 Å². The Balaban J connectivity index is 2.33. The third-order valence-electron chi connectivity index (χ3n) is 1.41. The van der Waals surface area contributed by atoms with Crippen molar-refractivity contribution in [3.8, 4) is 0 Å². The van der Waals surface area contributed by atoms with Crippen LogP contribution in [0.15, 0.2) is 0 Å². The van der Waals surface area contributed by atoms with Crippen molar-refractivity contribution in [3.63, 3.8) is 0 Å². The summed E-state index contributed by atoms with van der Waals surface area (Å²) in [5.41, 5.74) is 0. The Morgan fingerprint density at radius 2 is 2.43 bits per heavy atom. The molecule has 1 rings (SSSR count). The number of nitrogens with zero attached hydrogens (tertiary/aromatic N) is 1. The molecule has 1 fully saturated rings. The highest BCUT2D eigenvalue weighted by Crippen LogP contribution is 2.16. The summed E-state index contributed by atoms with van der Waals surface area (Å²) in [7, 11) is 2.17. The van der Waals surface area contributed by atoms with E-state index in [1.165, 1.54) is 11.6 Å². The molecule has 1 atom stereocenters. The van der Waals surface area contributed by atoms with Crippen LogP contribution in [0.25, 0.3) is 0 Å². The lowest BCUT2D eigenvalue weighted by Gasteiger charge is -2.10. The second-order valence-corrected chi connectivity index (χ2v) is 3.11. The fourth-order valence-corrected chi connectivity index (χ4v) is 1.87. The van der Waals surface area contributed by atoms with Gasteiger partial charge in [-0.15, -0.1) is 11.8 Å². The Kier molecular flexibility index (Phi) is 1.60. The Morgan fingerprint density at radius 3 is 2.57 bits per heavy atom. The van der Waals surface area contributed by atoms with Gasteiger partial charge in [0.15, 0.2) is 0 Å². The SMILES string of the molecule is CC1CSCN1C. The second kappa shape index (κ2) is 2.05. The molecule has 0 aromatic rings. The van der Waals surface area contributed by atoms with Crippen LogP contribution >= 0.6 is 11.8 Å². The Morgan fingerprint density at radius 1 is 1.71 bits per heavy atom.